The van der Waals surface area contributed by atoms with E-state index in [2.05, 4.69) is 26.0 Å². The summed E-state index contributed by atoms with van der Waals surface area (Å²) in [5.41, 5.74) is 1.30. The van der Waals surface area contributed by atoms with Crippen LogP contribution in [0.15, 0.2) is 24.3 Å². The lowest BCUT2D eigenvalue weighted by molar-refractivity contribution is 0.0499. The molecule has 1 aromatic rings. The van der Waals surface area contributed by atoms with Crippen molar-refractivity contribution in [1.82, 2.24) is 0 Å². The van der Waals surface area contributed by atoms with E-state index in [0.29, 0.717) is 19.1 Å². The molecule has 0 radical (unpaired) electrons. The van der Waals surface area contributed by atoms with Gasteiger partial charge in [0.05, 0.1) is 12.7 Å². The number of benzene rings is 1. The molecule has 0 saturated carbocycles. The standard InChI is InChI=1S/C15H22O3/c1-11(2)12-3-5-14(6-4-12)18-10-15(16)13-7-8-17-9-13/h3-6,11,13,15-16H,7-10H2,1-2H3. The number of hydrogen-bond donors (Lipinski definition) is 1. The van der Waals surface area contributed by atoms with Gasteiger partial charge in [-0.3, -0.25) is 0 Å². The molecule has 3 heteroatoms. The van der Waals surface area contributed by atoms with Gasteiger partial charge >= 0.3 is 0 Å². The van der Waals surface area contributed by atoms with Gasteiger partial charge in [0.25, 0.3) is 0 Å². The zero-order valence-electron chi connectivity index (χ0n) is 11.1. The van der Waals surface area contributed by atoms with Crippen LogP contribution >= 0.6 is 0 Å². The van der Waals surface area contributed by atoms with Crippen molar-refractivity contribution in [2.45, 2.75) is 32.3 Å². The smallest absolute Gasteiger partial charge is 0.119 e. The number of ether oxygens (including phenoxy) is 2. The summed E-state index contributed by atoms with van der Waals surface area (Å²) in [5, 5.41) is 9.95. The van der Waals surface area contributed by atoms with Crippen LogP contribution in [0.2, 0.25) is 0 Å². The maximum Gasteiger partial charge on any atom is 0.119 e. The van der Waals surface area contributed by atoms with Crippen molar-refractivity contribution in [2.24, 2.45) is 5.92 Å². The van der Waals surface area contributed by atoms with Crippen LogP contribution in [0.4, 0.5) is 0 Å². The van der Waals surface area contributed by atoms with Crippen LogP contribution < -0.4 is 4.74 Å². The number of aliphatic hydroxyl groups is 1. The van der Waals surface area contributed by atoms with Gasteiger partial charge in [-0.1, -0.05) is 26.0 Å². The Balaban J connectivity index is 1.82. The van der Waals surface area contributed by atoms with Gasteiger partial charge < -0.3 is 14.6 Å². The maximum atomic E-state index is 9.95. The first-order valence-corrected chi connectivity index (χ1v) is 6.65. The summed E-state index contributed by atoms with van der Waals surface area (Å²) in [6, 6.07) is 8.08. The van der Waals surface area contributed by atoms with E-state index in [1.54, 1.807) is 0 Å². The van der Waals surface area contributed by atoms with Crippen molar-refractivity contribution < 1.29 is 14.6 Å². The Kier molecular flexibility index (Phi) is 4.61. The maximum absolute atomic E-state index is 9.95. The lowest BCUT2D eigenvalue weighted by Crippen LogP contribution is -2.27. The van der Waals surface area contributed by atoms with Crippen molar-refractivity contribution >= 4 is 0 Å². The van der Waals surface area contributed by atoms with E-state index in [1.807, 2.05) is 12.1 Å². The van der Waals surface area contributed by atoms with Crippen molar-refractivity contribution in [3.05, 3.63) is 29.8 Å². The molecule has 3 nitrogen and oxygen atoms in total. The van der Waals surface area contributed by atoms with E-state index in [0.717, 1.165) is 18.8 Å². The molecule has 18 heavy (non-hydrogen) atoms. The van der Waals surface area contributed by atoms with Gasteiger partial charge in [0.2, 0.25) is 0 Å². The van der Waals surface area contributed by atoms with Crippen molar-refractivity contribution in [3.8, 4) is 5.75 Å². The molecule has 0 bridgehead atoms. The number of rotatable bonds is 5. The van der Waals surface area contributed by atoms with Crippen LogP contribution in [-0.4, -0.2) is 31.0 Å². The first-order chi connectivity index (χ1) is 8.66. The van der Waals surface area contributed by atoms with E-state index in [1.165, 1.54) is 5.56 Å². The van der Waals surface area contributed by atoms with Gasteiger partial charge in [-0.15, -0.1) is 0 Å². The Morgan fingerprint density at radius 3 is 2.61 bits per heavy atom. The SMILES string of the molecule is CC(C)c1ccc(OCC(O)C2CCOC2)cc1. The zero-order chi connectivity index (χ0) is 13.0. The van der Waals surface area contributed by atoms with Crippen LogP contribution in [0.5, 0.6) is 5.75 Å². The third-order valence-corrected chi connectivity index (χ3v) is 3.48. The average Bonchev–Trinajstić information content (AvgIpc) is 2.90. The van der Waals surface area contributed by atoms with E-state index in [9.17, 15) is 5.11 Å². The van der Waals surface area contributed by atoms with Crippen LogP contribution in [0.3, 0.4) is 0 Å². The second-order valence-electron chi connectivity index (χ2n) is 5.23. The summed E-state index contributed by atoms with van der Waals surface area (Å²) in [6.45, 7) is 6.08. The lowest BCUT2D eigenvalue weighted by Gasteiger charge is -2.17. The van der Waals surface area contributed by atoms with Crippen LogP contribution in [0, 0.1) is 5.92 Å². The Labute approximate surface area is 109 Å². The Morgan fingerprint density at radius 2 is 2.06 bits per heavy atom. The normalized spacial score (nSPS) is 21.2. The molecule has 1 aliphatic rings. The molecule has 2 unspecified atom stereocenters. The highest BCUT2D eigenvalue weighted by molar-refractivity contribution is 5.28. The summed E-state index contributed by atoms with van der Waals surface area (Å²) < 4.78 is 10.9. The Hall–Kier alpha value is -1.06. The second kappa shape index (κ2) is 6.21. The summed E-state index contributed by atoms with van der Waals surface area (Å²) in [5.74, 6) is 1.57. The first-order valence-electron chi connectivity index (χ1n) is 6.65. The van der Waals surface area contributed by atoms with Gasteiger partial charge in [-0.25, -0.2) is 0 Å². The van der Waals surface area contributed by atoms with Gasteiger partial charge in [-0.05, 0) is 30.0 Å². The quantitative estimate of drug-likeness (QED) is 0.873. The highest BCUT2D eigenvalue weighted by atomic mass is 16.5. The first kappa shape index (κ1) is 13.4. The van der Waals surface area contributed by atoms with Crippen molar-refractivity contribution in [1.29, 1.82) is 0 Å². The van der Waals surface area contributed by atoms with E-state index in [-0.39, 0.29) is 5.92 Å². The molecule has 2 rings (SSSR count). The van der Waals surface area contributed by atoms with Gasteiger partial charge in [0.15, 0.2) is 0 Å². The third kappa shape index (κ3) is 3.47. The highest BCUT2D eigenvalue weighted by Crippen LogP contribution is 2.20. The highest BCUT2D eigenvalue weighted by Gasteiger charge is 2.24. The van der Waals surface area contributed by atoms with E-state index in [4.69, 9.17) is 9.47 Å². The fourth-order valence-corrected chi connectivity index (χ4v) is 2.12. The predicted octanol–water partition coefficient (Wildman–Crippen LogP) is 2.59. The summed E-state index contributed by atoms with van der Waals surface area (Å²) in [7, 11) is 0. The third-order valence-electron chi connectivity index (χ3n) is 3.48. The second-order valence-corrected chi connectivity index (χ2v) is 5.23. The summed E-state index contributed by atoms with van der Waals surface area (Å²) in [6.07, 6.45) is 0.494. The number of hydrogen-bond acceptors (Lipinski definition) is 3. The molecular weight excluding hydrogens is 228 g/mol. The van der Waals surface area contributed by atoms with E-state index >= 15 is 0 Å². The molecule has 0 aliphatic carbocycles. The largest absolute Gasteiger partial charge is 0.491 e. The molecular formula is C15H22O3. The van der Waals surface area contributed by atoms with Gasteiger partial charge in [0, 0.05) is 12.5 Å². The van der Waals surface area contributed by atoms with E-state index < -0.39 is 6.10 Å². The lowest BCUT2D eigenvalue weighted by atomic mass is 10.0. The molecule has 2 atom stereocenters. The molecule has 1 saturated heterocycles. The minimum atomic E-state index is -0.433. The molecule has 0 aromatic heterocycles. The monoisotopic (exact) mass is 250 g/mol. The average molecular weight is 250 g/mol. The summed E-state index contributed by atoms with van der Waals surface area (Å²) >= 11 is 0. The van der Waals surface area contributed by atoms with Crippen LogP contribution in [-0.2, 0) is 4.74 Å². The van der Waals surface area contributed by atoms with Crippen molar-refractivity contribution in [3.63, 3.8) is 0 Å². The molecule has 1 N–H and O–H groups in total. The van der Waals surface area contributed by atoms with Crippen LogP contribution in [0.25, 0.3) is 0 Å². The van der Waals surface area contributed by atoms with Gasteiger partial charge in [0.1, 0.15) is 12.4 Å². The summed E-state index contributed by atoms with van der Waals surface area (Å²) in [4.78, 5) is 0. The molecule has 0 spiro atoms. The fraction of sp³-hybridized carbons (Fsp3) is 0.600. The Morgan fingerprint density at radius 1 is 1.33 bits per heavy atom. The van der Waals surface area contributed by atoms with Crippen LogP contribution in [0.1, 0.15) is 31.7 Å². The molecule has 1 aromatic carbocycles. The predicted molar refractivity (Wildman–Crippen MR) is 71.0 cm³/mol. The molecule has 1 fully saturated rings. The zero-order valence-corrected chi connectivity index (χ0v) is 11.1. The minimum absolute atomic E-state index is 0.222. The molecule has 100 valence electrons. The van der Waals surface area contributed by atoms with Gasteiger partial charge in [-0.2, -0.15) is 0 Å². The molecule has 1 aliphatic heterocycles. The minimum Gasteiger partial charge on any atom is -0.491 e. The Bertz CT molecular complexity index is 353. The topological polar surface area (TPSA) is 38.7 Å². The van der Waals surface area contributed by atoms with Crippen molar-refractivity contribution in [2.75, 3.05) is 19.8 Å². The number of aliphatic hydroxyl groups excluding tert-OH is 1. The fourth-order valence-electron chi connectivity index (χ4n) is 2.12. The molecule has 0 amide bonds. The molecule has 1 heterocycles.